The molecular formula is C13H16N2OS. The quantitative estimate of drug-likeness (QED) is 0.822. The van der Waals surface area contributed by atoms with Gasteiger partial charge in [-0.05, 0) is 11.3 Å². The van der Waals surface area contributed by atoms with Gasteiger partial charge in [-0.25, -0.2) is 4.79 Å². The van der Waals surface area contributed by atoms with Crippen LogP contribution in [-0.4, -0.2) is 14.9 Å². The van der Waals surface area contributed by atoms with Crippen LogP contribution in [0, 0.1) is 0 Å². The fourth-order valence-corrected chi connectivity index (χ4v) is 2.21. The Balaban J connectivity index is 2.22. The smallest absolute Gasteiger partial charge is 0.302 e. The van der Waals surface area contributed by atoms with Crippen molar-refractivity contribution in [2.45, 2.75) is 12.5 Å². The van der Waals surface area contributed by atoms with Crippen LogP contribution < -0.4 is 5.69 Å². The van der Waals surface area contributed by atoms with E-state index in [0.29, 0.717) is 6.54 Å². The van der Waals surface area contributed by atoms with Gasteiger partial charge in [0.25, 0.3) is 0 Å². The minimum Gasteiger partial charge on any atom is -0.302 e. The van der Waals surface area contributed by atoms with Crippen LogP contribution >= 0.6 is 12.6 Å². The van der Waals surface area contributed by atoms with Gasteiger partial charge in [-0.2, -0.15) is 12.6 Å². The molecule has 3 nitrogen and oxygen atoms in total. The second kappa shape index (κ2) is 5.27. The summed E-state index contributed by atoms with van der Waals surface area (Å²) in [6, 6.07) is 10.2. The molecule has 1 aromatic heterocycles. The van der Waals surface area contributed by atoms with Crippen molar-refractivity contribution in [3.63, 3.8) is 0 Å². The Hall–Kier alpha value is -1.42. The number of hydrogen-bond donors (Lipinski definition) is 1. The fraction of sp³-hybridized carbons (Fsp3) is 0.308. The van der Waals surface area contributed by atoms with Gasteiger partial charge in [0.1, 0.15) is 0 Å². The summed E-state index contributed by atoms with van der Waals surface area (Å²) >= 11 is 4.38. The van der Waals surface area contributed by atoms with Gasteiger partial charge < -0.3 is 4.57 Å². The molecule has 0 aliphatic rings. The molecule has 0 saturated carbocycles. The van der Waals surface area contributed by atoms with Crippen LogP contribution in [0.4, 0.5) is 0 Å². The van der Waals surface area contributed by atoms with E-state index in [2.05, 4.69) is 24.8 Å². The van der Waals surface area contributed by atoms with Crippen LogP contribution in [0.3, 0.4) is 0 Å². The van der Waals surface area contributed by atoms with Crippen LogP contribution in [0.15, 0.2) is 47.5 Å². The lowest BCUT2D eigenvalue weighted by Gasteiger charge is -2.14. The normalized spacial score (nSPS) is 12.6. The maximum Gasteiger partial charge on any atom is 0.327 e. The second-order valence-corrected chi connectivity index (χ2v) is 4.50. The topological polar surface area (TPSA) is 26.9 Å². The summed E-state index contributed by atoms with van der Waals surface area (Å²) in [6.07, 6.45) is 3.60. The van der Waals surface area contributed by atoms with E-state index in [-0.39, 0.29) is 11.6 Å². The zero-order chi connectivity index (χ0) is 12.3. The first-order valence-corrected chi connectivity index (χ1v) is 6.23. The van der Waals surface area contributed by atoms with Gasteiger partial charge in [0, 0.05) is 31.9 Å². The zero-order valence-electron chi connectivity index (χ0n) is 9.78. The summed E-state index contributed by atoms with van der Waals surface area (Å²) in [7, 11) is 1.76. The highest BCUT2D eigenvalue weighted by Crippen LogP contribution is 2.18. The standard InChI is InChI=1S/C13H16N2OS/c1-14-7-8-15(13(14)16)9-12(10-17)11-5-3-2-4-6-11/h2-8,12,17H,9-10H2,1H3. The third-order valence-corrected chi connectivity index (χ3v) is 3.37. The molecule has 0 aliphatic heterocycles. The number of aromatic nitrogens is 2. The van der Waals surface area contributed by atoms with Gasteiger partial charge in [-0.3, -0.25) is 4.57 Å². The number of benzene rings is 1. The Bertz CT molecular complexity index is 530. The van der Waals surface area contributed by atoms with Crippen LogP contribution in [0.25, 0.3) is 0 Å². The molecule has 1 unspecified atom stereocenters. The Morgan fingerprint density at radius 3 is 2.47 bits per heavy atom. The van der Waals surface area contributed by atoms with Crippen molar-refractivity contribution in [2.75, 3.05) is 5.75 Å². The van der Waals surface area contributed by atoms with E-state index in [1.807, 2.05) is 24.4 Å². The fourth-order valence-electron chi connectivity index (χ4n) is 1.88. The maximum absolute atomic E-state index is 11.8. The van der Waals surface area contributed by atoms with Crippen LogP contribution in [0.2, 0.25) is 0 Å². The molecule has 0 N–H and O–H groups in total. The molecule has 2 rings (SSSR count). The molecule has 0 spiro atoms. The molecule has 2 aromatic rings. The number of rotatable bonds is 4. The average molecular weight is 248 g/mol. The van der Waals surface area contributed by atoms with Gasteiger partial charge >= 0.3 is 5.69 Å². The van der Waals surface area contributed by atoms with E-state index in [4.69, 9.17) is 0 Å². The van der Waals surface area contributed by atoms with Crippen molar-refractivity contribution in [1.82, 2.24) is 9.13 Å². The maximum atomic E-state index is 11.8. The van der Waals surface area contributed by atoms with Crippen molar-refractivity contribution < 1.29 is 0 Å². The minimum atomic E-state index is 0.0210. The van der Waals surface area contributed by atoms with Crippen molar-refractivity contribution in [3.8, 4) is 0 Å². The summed E-state index contributed by atoms with van der Waals surface area (Å²) in [5.74, 6) is 0.991. The molecule has 0 amide bonds. The molecule has 4 heteroatoms. The summed E-state index contributed by atoms with van der Waals surface area (Å²) in [5, 5.41) is 0. The second-order valence-electron chi connectivity index (χ2n) is 4.13. The molecule has 0 saturated heterocycles. The number of hydrogen-bond acceptors (Lipinski definition) is 2. The third-order valence-electron chi connectivity index (χ3n) is 2.93. The van der Waals surface area contributed by atoms with Crippen LogP contribution in [0.5, 0.6) is 0 Å². The predicted octanol–water partition coefficient (Wildman–Crippen LogP) is 1.90. The van der Waals surface area contributed by atoms with Gasteiger partial charge in [0.2, 0.25) is 0 Å². The van der Waals surface area contributed by atoms with Crippen LogP contribution in [0.1, 0.15) is 11.5 Å². The highest BCUT2D eigenvalue weighted by Gasteiger charge is 2.11. The first-order valence-electron chi connectivity index (χ1n) is 5.60. The number of aryl methyl sites for hydroxylation is 1. The van der Waals surface area contributed by atoms with E-state index in [9.17, 15) is 4.79 Å². The van der Waals surface area contributed by atoms with E-state index < -0.39 is 0 Å². The van der Waals surface area contributed by atoms with E-state index in [1.54, 1.807) is 22.4 Å². The molecule has 1 aromatic carbocycles. The molecule has 0 aliphatic carbocycles. The van der Waals surface area contributed by atoms with Gasteiger partial charge in [-0.15, -0.1) is 0 Å². The number of thiol groups is 1. The highest BCUT2D eigenvalue weighted by molar-refractivity contribution is 7.80. The molecule has 0 bridgehead atoms. The summed E-state index contributed by atoms with van der Waals surface area (Å²) in [4.78, 5) is 11.8. The molecule has 0 radical (unpaired) electrons. The molecule has 1 heterocycles. The zero-order valence-corrected chi connectivity index (χ0v) is 10.7. The average Bonchev–Trinajstić information content (AvgIpc) is 2.68. The highest BCUT2D eigenvalue weighted by atomic mass is 32.1. The molecule has 90 valence electrons. The lowest BCUT2D eigenvalue weighted by atomic mass is 10.0. The Morgan fingerprint density at radius 2 is 1.94 bits per heavy atom. The van der Waals surface area contributed by atoms with Crippen molar-refractivity contribution in [2.24, 2.45) is 7.05 Å². The lowest BCUT2D eigenvalue weighted by Crippen LogP contribution is -2.25. The monoisotopic (exact) mass is 248 g/mol. The largest absolute Gasteiger partial charge is 0.327 e. The first-order chi connectivity index (χ1) is 8.22. The van der Waals surface area contributed by atoms with Gasteiger partial charge in [0.15, 0.2) is 0 Å². The Kier molecular flexibility index (Phi) is 3.74. The number of imidazole rings is 1. The van der Waals surface area contributed by atoms with Crippen molar-refractivity contribution in [1.29, 1.82) is 0 Å². The molecule has 17 heavy (non-hydrogen) atoms. The third kappa shape index (κ3) is 2.64. The minimum absolute atomic E-state index is 0.0210. The predicted molar refractivity (Wildman–Crippen MR) is 72.7 cm³/mol. The van der Waals surface area contributed by atoms with E-state index in [1.165, 1.54) is 5.56 Å². The lowest BCUT2D eigenvalue weighted by molar-refractivity contribution is 0.578. The molecule has 1 atom stereocenters. The molecule has 0 fully saturated rings. The van der Waals surface area contributed by atoms with Gasteiger partial charge in [-0.1, -0.05) is 30.3 Å². The Labute approximate surface area is 106 Å². The number of nitrogens with zero attached hydrogens (tertiary/aromatic N) is 2. The SMILES string of the molecule is Cn1ccn(CC(CS)c2ccccc2)c1=O. The Morgan fingerprint density at radius 1 is 1.24 bits per heavy atom. The van der Waals surface area contributed by atoms with Crippen LogP contribution in [-0.2, 0) is 13.6 Å². The van der Waals surface area contributed by atoms with E-state index in [0.717, 1.165) is 5.75 Å². The first kappa shape index (κ1) is 12.0. The summed E-state index contributed by atoms with van der Waals surface area (Å²) < 4.78 is 3.31. The summed E-state index contributed by atoms with van der Waals surface area (Å²) in [5.41, 5.74) is 1.24. The van der Waals surface area contributed by atoms with Gasteiger partial charge in [0.05, 0.1) is 0 Å². The van der Waals surface area contributed by atoms with Crippen molar-refractivity contribution in [3.05, 3.63) is 58.8 Å². The molecular weight excluding hydrogens is 232 g/mol. The summed E-state index contributed by atoms with van der Waals surface area (Å²) in [6.45, 7) is 0.674. The van der Waals surface area contributed by atoms with E-state index >= 15 is 0 Å². The van der Waals surface area contributed by atoms with Crippen molar-refractivity contribution >= 4 is 12.6 Å².